The molecule has 0 bridgehead atoms. The van der Waals surface area contributed by atoms with Crippen LogP contribution in [0.2, 0.25) is 0 Å². The molecule has 97 heavy (non-hydrogen) atoms. The molecule has 0 aliphatic heterocycles. The Hall–Kier alpha value is -9.62. The summed E-state index contributed by atoms with van der Waals surface area (Å²) in [7, 11) is 0. The molecule has 0 saturated heterocycles. The number of nitrogens with one attached hydrogen (secondary N) is 12. The van der Waals surface area contributed by atoms with E-state index in [-0.39, 0.29) is 95.5 Å². The molecule has 540 valence electrons. The number of aliphatic hydroxyl groups excluding tert-OH is 2. The number of aliphatic imine (C=N–C) groups is 2. The molecular weight excluding hydrogens is 1270 g/mol. The predicted molar refractivity (Wildman–Crippen MR) is 358 cm³/mol. The fraction of sp³-hybridized carbons (Fsp3) is 0.574. The topological polar surface area (TPSA) is 617 Å². The molecule has 2 aromatic rings. The zero-order valence-electron chi connectivity index (χ0n) is 55.2. The molecule has 2 rings (SSSR count). The number of carbonyl (C=O) groups is 12. The molecule has 11 amide bonds. The zero-order valence-corrected chi connectivity index (χ0v) is 55.2. The largest absolute Gasteiger partial charge is 0.480 e. The predicted octanol–water partition coefficient (Wildman–Crippen LogP) is -8.15. The van der Waals surface area contributed by atoms with E-state index < -0.39 is 151 Å². The number of carboxylic acids is 1. The lowest BCUT2D eigenvalue weighted by atomic mass is 10.0. The van der Waals surface area contributed by atoms with Crippen LogP contribution in [0.1, 0.15) is 96.1 Å². The summed E-state index contributed by atoms with van der Waals surface area (Å²) in [4.78, 5) is 168. The molecule has 36 heteroatoms. The minimum Gasteiger partial charge on any atom is -0.480 e. The van der Waals surface area contributed by atoms with Crippen LogP contribution in [0.25, 0.3) is 0 Å². The van der Waals surface area contributed by atoms with Crippen molar-refractivity contribution in [3.8, 4) is 0 Å². The highest BCUT2D eigenvalue weighted by atomic mass is 16.4. The first-order chi connectivity index (χ1) is 46.1. The van der Waals surface area contributed by atoms with E-state index in [1.807, 2.05) is 30.3 Å². The number of guanidine groups is 2. The van der Waals surface area contributed by atoms with Gasteiger partial charge in [-0.25, -0.2) is 4.79 Å². The van der Waals surface area contributed by atoms with E-state index in [9.17, 15) is 72.9 Å². The van der Waals surface area contributed by atoms with Crippen LogP contribution in [0, 0.1) is 0 Å². The van der Waals surface area contributed by atoms with Crippen LogP contribution in [-0.2, 0) is 70.4 Å². The SMILES string of the molecule is C[C@H](NC(=O)CNC(=O)[C@@H](NC(=O)[C@H](Cc1ccccc1)NC(=O)CNC(=O)CNC[C@@H](N)Cc1ccccc1)[C@@H](C)O)C(=O)N[C@@H](CCCN=C(N)N)C(=O)N[C@@H](CCCCN)C(=O)N[C@@H](CO)C(=O)N[C@@H](C)C(=O)N[C@@H](CCCN=C(N)N)C(=O)N[C@@H](CCCCN)C(=O)O. The van der Waals surface area contributed by atoms with Gasteiger partial charge in [0.25, 0.3) is 0 Å². The minimum atomic E-state index is -1.73. The summed E-state index contributed by atoms with van der Waals surface area (Å²) in [5, 5.41) is 60.4. The van der Waals surface area contributed by atoms with Gasteiger partial charge in [0.1, 0.15) is 54.4 Å². The summed E-state index contributed by atoms with van der Waals surface area (Å²) in [5.41, 5.74) is 40.9. The van der Waals surface area contributed by atoms with Crippen LogP contribution in [-0.4, -0.2) is 224 Å². The van der Waals surface area contributed by atoms with Crippen molar-refractivity contribution in [2.45, 2.75) is 164 Å². The van der Waals surface area contributed by atoms with Gasteiger partial charge in [-0.2, -0.15) is 0 Å². The van der Waals surface area contributed by atoms with Gasteiger partial charge in [-0.1, -0.05) is 60.7 Å². The number of benzene rings is 2. The highest BCUT2D eigenvalue weighted by molar-refractivity contribution is 5.98. The summed E-state index contributed by atoms with van der Waals surface area (Å²) in [6.45, 7) is 1.98. The third-order valence-corrected chi connectivity index (χ3v) is 14.5. The van der Waals surface area contributed by atoms with E-state index in [1.54, 1.807) is 30.3 Å². The molecule has 0 radical (unpaired) electrons. The number of unbranched alkanes of at least 4 members (excludes halogenated alkanes) is 2. The van der Waals surface area contributed by atoms with Gasteiger partial charge in [0.2, 0.25) is 65.0 Å². The van der Waals surface area contributed by atoms with Crippen molar-refractivity contribution in [2.24, 2.45) is 50.1 Å². The number of rotatable bonds is 48. The second-order valence-electron chi connectivity index (χ2n) is 22.9. The Morgan fingerprint density at radius 3 is 1.33 bits per heavy atom. The molecule has 11 atom stereocenters. The average molecular weight is 1370 g/mol. The van der Waals surface area contributed by atoms with E-state index in [0.29, 0.717) is 44.3 Å². The van der Waals surface area contributed by atoms with Gasteiger partial charge >= 0.3 is 5.97 Å². The third kappa shape index (κ3) is 35.1. The first-order valence-corrected chi connectivity index (χ1v) is 31.9. The van der Waals surface area contributed by atoms with Gasteiger partial charge in [0.05, 0.1) is 32.3 Å². The molecule has 0 heterocycles. The monoisotopic (exact) mass is 1370 g/mol. The Labute approximate surface area is 562 Å². The quantitative estimate of drug-likeness (QED) is 0.0166. The molecule has 0 spiro atoms. The maximum absolute atomic E-state index is 14.1. The standard InChI is InChI=1S/C61H101N21O15/c1-35(74-48(86)33-73-58(95)50(37(3)84)82-56(93)45(29-39-18-8-5-9-19-39)76-49(87)32-72-47(85)31-69-30-40(64)28-38-16-6-4-7-17-38)51(88)77-42(22-14-26-70-60(65)66)53(90)79-41(20-10-12-24-62)55(92)81-46(34-83)57(94)75-36(2)52(89)78-43(23-15-27-71-61(67)68)54(91)80-44(59(96)97)21-11-13-25-63/h4-9,16-19,35-37,40-46,50,69,83-84H,10-15,20-34,62-64H2,1-3H3,(H,72,85)(H,73,95)(H,74,86)(H,75,94)(H,76,87)(H,77,88)(H,78,89)(H,79,90)(H,80,91)(H,81,92)(H,82,93)(H,96,97)(H4,65,66,70)(H4,67,68,71)/t35-,36-,37+,40-,41-,42-,43-,44-,45-,46-,50-/m0/s1. The fourth-order valence-electron chi connectivity index (χ4n) is 9.24. The summed E-state index contributed by atoms with van der Waals surface area (Å²) in [6.07, 6.45) is 0.375. The van der Waals surface area contributed by atoms with Gasteiger partial charge in [-0.3, -0.25) is 62.7 Å². The normalized spacial score (nSPS) is 14.3. The highest BCUT2D eigenvalue weighted by Gasteiger charge is 2.34. The van der Waals surface area contributed by atoms with Crippen LogP contribution in [0.4, 0.5) is 0 Å². The Balaban J connectivity index is 2.17. The molecule has 0 unspecified atom stereocenters. The highest BCUT2D eigenvalue weighted by Crippen LogP contribution is 2.10. The first-order valence-electron chi connectivity index (χ1n) is 31.9. The second-order valence-corrected chi connectivity index (χ2v) is 22.9. The van der Waals surface area contributed by atoms with Gasteiger partial charge in [0, 0.05) is 32.1 Å². The number of nitrogens with two attached hydrogens (primary N) is 7. The Morgan fingerprint density at radius 2 is 0.856 bits per heavy atom. The Bertz CT molecular complexity index is 2900. The summed E-state index contributed by atoms with van der Waals surface area (Å²) < 4.78 is 0. The van der Waals surface area contributed by atoms with Crippen LogP contribution >= 0.6 is 0 Å². The van der Waals surface area contributed by atoms with Gasteiger partial charge < -0.3 is 119 Å². The summed E-state index contributed by atoms with van der Waals surface area (Å²) in [6, 6.07) is 4.62. The molecule has 2 aromatic carbocycles. The molecule has 0 aliphatic carbocycles. The van der Waals surface area contributed by atoms with Gasteiger partial charge in [-0.15, -0.1) is 0 Å². The summed E-state index contributed by atoms with van der Waals surface area (Å²) >= 11 is 0. The molecule has 36 nitrogen and oxygen atoms in total. The zero-order chi connectivity index (χ0) is 72.4. The van der Waals surface area contributed by atoms with Crippen molar-refractivity contribution in [1.29, 1.82) is 0 Å². The number of amides is 11. The lowest BCUT2D eigenvalue weighted by molar-refractivity contribution is -0.142. The molecule has 0 saturated carbocycles. The molecule has 29 N–H and O–H groups in total. The first kappa shape index (κ1) is 83.5. The molecule has 0 aliphatic rings. The number of nitrogens with zero attached hydrogens (tertiary/aromatic N) is 2. The van der Waals surface area contributed by atoms with E-state index in [0.717, 1.165) is 5.56 Å². The van der Waals surface area contributed by atoms with Crippen LogP contribution in [0.15, 0.2) is 70.6 Å². The smallest absolute Gasteiger partial charge is 0.326 e. The van der Waals surface area contributed by atoms with Crippen LogP contribution in [0.5, 0.6) is 0 Å². The van der Waals surface area contributed by atoms with Crippen molar-refractivity contribution >= 4 is 82.9 Å². The van der Waals surface area contributed by atoms with Gasteiger partial charge in [0.15, 0.2) is 11.9 Å². The average Bonchev–Trinajstić information content (AvgIpc) is 1.06. The fourth-order valence-corrected chi connectivity index (χ4v) is 9.24. The van der Waals surface area contributed by atoms with Crippen LogP contribution in [0.3, 0.4) is 0 Å². The summed E-state index contributed by atoms with van der Waals surface area (Å²) in [5.74, 6) is -11.7. The van der Waals surface area contributed by atoms with Crippen molar-refractivity contribution in [3.05, 3.63) is 71.8 Å². The lowest BCUT2D eigenvalue weighted by Crippen LogP contribution is -2.60. The number of carbonyl (C=O) groups excluding carboxylic acids is 11. The molecule has 0 aromatic heterocycles. The van der Waals surface area contributed by atoms with Crippen LogP contribution < -0.4 is 104 Å². The number of hydrogen-bond acceptors (Lipinski definition) is 20. The second kappa shape index (κ2) is 46.5. The van der Waals surface area contributed by atoms with Crippen molar-refractivity contribution in [3.63, 3.8) is 0 Å². The van der Waals surface area contributed by atoms with Crippen molar-refractivity contribution in [1.82, 2.24) is 63.8 Å². The van der Waals surface area contributed by atoms with E-state index >= 15 is 0 Å². The Morgan fingerprint density at radius 1 is 0.443 bits per heavy atom. The molecule has 0 fully saturated rings. The molecular formula is C61H101N21O15. The number of hydrogen-bond donors (Lipinski definition) is 22. The number of aliphatic carboxylic acids is 1. The van der Waals surface area contributed by atoms with Crippen molar-refractivity contribution < 1.29 is 72.9 Å². The minimum absolute atomic E-state index is 0.0204. The number of carboxylic acid groups (broad SMARTS) is 1. The van der Waals surface area contributed by atoms with Gasteiger partial charge in [-0.05, 0) is 116 Å². The van der Waals surface area contributed by atoms with E-state index in [4.69, 9.17) is 40.1 Å². The maximum atomic E-state index is 14.1. The van der Waals surface area contributed by atoms with E-state index in [2.05, 4.69) is 73.8 Å². The maximum Gasteiger partial charge on any atom is 0.326 e. The van der Waals surface area contributed by atoms with E-state index in [1.165, 1.54) is 20.8 Å². The van der Waals surface area contributed by atoms with Crippen molar-refractivity contribution in [2.75, 3.05) is 59.0 Å². The lowest BCUT2D eigenvalue weighted by Gasteiger charge is -2.26. The third-order valence-electron chi connectivity index (χ3n) is 14.5. The Kier molecular flexibility index (Phi) is 40.0. The number of aliphatic hydroxyl groups is 2.